The average Bonchev–Trinajstić information content (AvgIpc) is 3.90. The van der Waals surface area contributed by atoms with Crippen LogP contribution in [0, 0.1) is 44.4 Å². The van der Waals surface area contributed by atoms with E-state index in [2.05, 4.69) is 48.1 Å². The second-order valence-corrected chi connectivity index (χ2v) is 15.5. The Morgan fingerprint density at radius 2 is 1.68 bits per heavy atom. The number of Topliss-reactive ketones (excluding diaryl/α,β-unsaturated/α-hetero) is 1. The fraction of sp³-hybridized carbons (Fsp3) is 0.457. The quantitative estimate of drug-likeness (QED) is 0.0778. The Hall–Kier alpha value is -4.28. The van der Waals surface area contributed by atoms with Gasteiger partial charge < -0.3 is 29.7 Å². The molecule has 4 atom stereocenters. The molecular weight excluding hydrogens is 713 g/mol. The first kappa shape index (κ1) is 42.9. The molecule has 292 valence electrons. The Morgan fingerprint density at radius 1 is 0.964 bits per heavy atom. The van der Waals surface area contributed by atoms with E-state index >= 15 is 0 Å². The summed E-state index contributed by atoms with van der Waals surface area (Å²) in [6.45, 7) is 21.0. The van der Waals surface area contributed by atoms with Crippen LogP contribution in [0.4, 0.5) is 0 Å². The number of rotatable bonds is 13. The van der Waals surface area contributed by atoms with E-state index in [1.807, 2.05) is 44.2 Å². The summed E-state index contributed by atoms with van der Waals surface area (Å²) in [5, 5.41) is 6.80. The van der Waals surface area contributed by atoms with Gasteiger partial charge in [0.2, 0.25) is 0 Å². The van der Waals surface area contributed by atoms with E-state index in [4.69, 9.17) is 29.7 Å². The molecule has 1 fully saturated rings. The summed E-state index contributed by atoms with van der Waals surface area (Å²) in [5.74, 6) is -2.33. The van der Waals surface area contributed by atoms with E-state index in [9.17, 15) is 14.4 Å². The number of esters is 2. The van der Waals surface area contributed by atoms with Gasteiger partial charge in [-0.1, -0.05) is 105 Å². The van der Waals surface area contributed by atoms with E-state index in [1.165, 1.54) is 25.5 Å². The van der Waals surface area contributed by atoms with Crippen molar-refractivity contribution < 1.29 is 23.9 Å². The first-order valence-electron chi connectivity index (χ1n) is 19.8. The van der Waals surface area contributed by atoms with Crippen LogP contribution >= 0.6 is 0 Å². The third-order valence-corrected chi connectivity index (χ3v) is 12.0. The average molecular weight is 767 g/mol. The molecule has 6 rings (SSSR count). The maximum atomic E-state index is 14.3. The molecule has 0 radical (unpaired) electrons. The number of allylic oxidation sites excluding steroid dienone is 3. The second kappa shape index (κ2) is 17.9. The van der Waals surface area contributed by atoms with Crippen LogP contribution in [0.5, 0.6) is 0 Å². The van der Waals surface area contributed by atoms with E-state index in [1.54, 1.807) is 0 Å². The SMILES string of the molecule is C=Cc1c2[n-]c(c1C)/C=C1\[N-]/C(=C3\c4[n-]c(c(C)c4C(=O)[C@@H]3C(=O)OC)/C=c3\[n-]/c(c(C)c3CC)=C\2)[C@@H](CCC(=O)OC/C=C(\C)CCC[C@@H](C)CC)[C@@H]1C.[Mg+2]. The number of ketones is 1. The monoisotopic (exact) mass is 766 g/mol. The van der Waals surface area contributed by atoms with Gasteiger partial charge in [0.05, 0.1) is 7.11 Å². The van der Waals surface area contributed by atoms with E-state index < -0.39 is 11.9 Å². The van der Waals surface area contributed by atoms with Crippen LogP contribution in [0.1, 0.15) is 134 Å². The smallest absolute Gasteiger partial charge is 0.664 e. The standard InChI is InChI=1S/C46H55N4O5.Mg/c1-11-24(4)15-14-16-25(5)19-20-55-39(51)18-17-32-28(8)35-21-33-26(6)30(12-2)37(47-33)22-34-27(7)31(13-3)38(48-34)23-36-29(9)40-44(50-36)41(43(32)49-35)42(45(40)52)46(53)54-10;/h12,19,21-24,28,32,42H,2,11,13-18,20H2,1,3-10H3,(H-,49,50,52);/q-3;+2/p-1/b25-19+,34-22-,35-21-,38-23-;/t24-,28-,32-,42+;/m0./s1. The molecule has 3 aromatic heterocycles. The zero-order valence-electron chi connectivity index (χ0n) is 34.6. The van der Waals surface area contributed by atoms with Crippen molar-refractivity contribution in [1.29, 1.82) is 0 Å². The first-order chi connectivity index (χ1) is 26.3. The molecule has 1 aliphatic carbocycles. The summed E-state index contributed by atoms with van der Waals surface area (Å²) < 4.78 is 10.9. The molecule has 0 aromatic carbocycles. The van der Waals surface area contributed by atoms with Gasteiger partial charge in [0, 0.05) is 12.0 Å². The summed E-state index contributed by atoms with van der Waals surface area (Å²) in [4.78, 5) is 56.1. The fourth-order valence-corrected chi connectivity index (χ4v) is 8.31. The number of hydrogen-bond donors (Lipinski definition) is 0. The van der Waals surface area contributed by atoms with Crippen molar-refractivity contribution in [3.05, 3.63) is 102 Å². The van der Waals surface area contributed by atoms with Crippen LogP contribution in [0.3, 0.4) is 0 Å². The molecule has 5 heterocycles. The number of carbonyl (C=O) groups is 3. The third-order valence-electron chi connectivity index (χ3n) is 12.0. The van der Waals surface area contributed by atoms with Gasteiger partial charge in [-0.2, -0.15) is 11.4 Å². The van der Waals surface area contributed by atoms with Crippen LogP contribution in [-0.2, 0) is 25.5 Å². The van der Waals surface area contributed by atoms with Crippen molar-refractivity contribution in [3.63, 3.8) is 0 Å². The molecule has 56 heavy (non-hydrogen) atoms. The molecule has 0 amide bonds. The zero-order valence-corrected chi connectivity index (χ0v) is 36.0. The maximum Gasteiger partial charge on any atom is 2.00 e. The summed E-state index contributed by atoms with van der Waals surface area (Å²) in [6.07, 6.45) is 15.5. The number of aromatic nitrogens is 3. The van der Waals surface area contributed by atoms with Crippen LogP contribution in [0.2, 0.25) is 0 Å². The molecule has 0 saturated carbocycles. The van der Waals surface area contributed by atoms with Crippen LogP contribution in [0.25, 0.3) is 35.2 Å². The molecule has 9 nitrogen and oxygen atoms in total. The number of ether oxygens (including phenoxy) is 2. The molecule has 3 aliphatic rings. The van der Waals surface area contributed by atoms with Gasteiger partial charge in [-0.15, -0.1) is 33.5 Å². The first-order valence-corrected chi connectivity index (χ1v) is 19.8. The molecule has 1 saturated heterocycles. The van der Waals surface area contributed by atoms with Gasteiger partial charge in [-0.3, -0.25) is 14.4 Å². The summed E-state index contributed by atoms with van der Waals surface area (Å²) in [7, 11) is 1.29. The summed E-state index contributed by atoms with van der Waals surface area (Å²) in [5.41, 5.74) is 10.7. The van der Waals surface area contributed by atoms with Crippen LogP contribution in [0.15, 0.2) is 29.6 Å². The van der Waals surface area contributed by atoms with Crippen molar-refractivity contribution in [2.75, 3.05) is 13.7 Å². The van der Waals surface area contributed by atoms with E-state index in [0.717, 1.165) is 69.3 Å². The van der Waals surface area contributed by atoms with Crippen molar-refractivity contribution in [2.45, 2.75) is 100 Å². The maximum absolute atomic E-state index is 14.3. The Balaban J connectivity index is 0.00000600. The van der Waals surface area contributed by atoms with Crippen LogP contribution in [-0.4, -0.2) is 54.5 Å². The van der Waals surface area contributed by atoms with Gasteiger partial charge in [0.15, 0.2) is 5.78 Å². The van der Waals surface area contributed by atoms with Crippen molar-refractivity contribution in [1.82, 2.24) is 15.0 Å². The summed E-state index contributed by atoms with van der Waals surface area (Å²) in [6, 6.07) is 0. The predicted molar refractivity (Wildman–Crippen MR) is 223 cm³/mol. The zero-order chi connectivity index (χ0) is 39.7. The van der Waals surface area contributed by atoms with Gasteiger partial charge in [0.1, 0.15) is 12.5 Å². The van der Waals surface area contributed by atoms with Gasteiger partial charge in [-0.25, -0.2) is 0 Å². The topological polar surface area (TPSA) is 126 Å². The Labute approximate surface area is 347 Å². The molecule has 0 unspecified atom stereocenters. The second-order valence-electron chi connectivity index (χ2n) is 15.5. The number of methoxy groups -OCH3 is 1. The molecule has 3 aromatic rings. The fourth-order valence-electron chi connectivity index (χ4n) is 8.31. The molecule has 8 bridgehead atoms. The Kier molecular flexibility index (Phi) is 13.7. The summed E-state index contributed by atoms with van der Waals surface area (Å²) >= 11 is 0. The molecular formula is C46H54MgN4O5-2. The number of fused-ring (bicyclic) bond motifs is 7. The predicted octanol–water partition coefficient (Wildman–Crippen LogP) is 7.14. The third kappa shape index (κ3) is 8.10. The van der Waals surface area contributed by atoms with E-state index in [0.29, 0.717) is 46.1 Å². The van der Waals surface area contributed by atoms with Crippen molar-refractivity contribution in [3.8, 4) is 0 Å². The van der Waals surface area contributed by atoms with Gasteiger partial charge >= 0.3 is 35.0 Å². The van der Waals surface area contributed by atoms with Crippen molar-refractivity contribution >= 4 is 70.7 Å². The minimum atomic E-state index is -1.22. The number of nitrogens with zero attached hydrogens (tertiary/aromatic N) is 4. The van der Waals surface area contributed by atoms with Crippen LogP contribution < -0.4 is 25.7 Å². The molecule has 2 aliphatic heterocycles. The number of hydrogen-bond acceptors (Lipinski definition) is 5. The van der Waals surface area contributed by atoms with Gasteiger partial charge in [0.25, 0.3) is 0 Å². The Morgan fingerprint density at radius 3 is 2.36 bits per heavy atom. The molecule has 10 heteroatoms. The minimum absolute atomic E-state index is 0. The minimum Gasteiger partial charge on any atom is -0.664 e. The normalized spacial score (nSPS) is 22.5. The Bertz CT molecular complexity index is 2260. The largest absolute Gasteiger partial charge is 2.00 e. The molecule has 0 N–H and O–H groups in total. The molecule has 0 spiro atoms. The van der Waals surface area contributed by atoms with Crippen molar-refractivity contribution in [2.24, 2.45) is 23.7 Å². The van der Waals surface area contributed by atoms with Gasteiger partial charge in [-0.05, 0) is 82.8 Å². The number of carbonyl (C=O) groups excluding carboxylic acids is 3. The van der Waals surface area contributed by atoms with E-state index in [-0.39, 0.29) is 59.7 Å².